The van der Waals surface area contributed by atoms with Gasteiger partial charge in [0, 0.05) is 18.2 Å². The number of fused-ring (bicyclic) bond motifs is 1. The fourth-order valence-electron chi connectivity index (χ4n) is 1.29. The maximum absolute atomic E-state index is 10.8. The minimum absolute atomic E-state index is 0.349. The van der Waals surface area contributed by atoms with Crippen molar-refractivity contribution in [3.63, 3.8) is 0 Å². The lowest BCUT2D eigenvalue weighted by Gasteiger charge is -2.09. The molecule has 2 rings (SSSR count). The van der Waals surface area contributed by atoms with Crippen LogP contribution >= 0.6 is 0 Å². The van der Waals surface area contributed by atoms with Gasteiger partial charge in [0.05, 0.1) is 5.70 Å². The monoisotopic (exact) mass is 160 g/mol. The van der Waals surface area contributed by atoms with E-state index in [0.29, 0.717) is 12.0 Å². The van der Waals surface area contributed by atoms with Crippen LogP contribution in [-0.2, 0) is 4.79 Å². The van der Waals surface area contributed by atoms with E-state index in [1.165, 1.54) is 0 Å². The lowest BCUT2D eigenvalue weighted by atomic mass is 9.98. The molecule has 3 heteroatoms. The van der Waals surface area contributed by atoms with E-state index in [2.05, 4.69) is 4.99 Å². The van der Waals surface area contributed by atoms with Crippen molar-refractivity contribution in [2.75, 3.05) is 0 Å². The molecule has 0 aromatic carbocycles. The average Bonchev–Trinajstić information content (AvgIpc) is 2.49. The number of nitrogens with zero attached hydrogens (tertiary/aromatic N) is 1. The third kappa shape index (κ3) is 0.993. The molecule has 0 saturated carbocycles. The molecular formula is C9H8N2O. The normalized spacial score (nSPS) is 19.5. The Hall–Kier alpha value is -1.64. The summed E-state index contributed by atoms with van der Waals surface area (Å²) in [4.78, 5) is 14.9. The van der Waals surface area contributed by atoms with E-state index in [1.54, 1.807) is 12.3 Å². The highest BCUT2D eigenvalue weighted by Gasteiger charge is 2.16. The van der Waals surface area contributed by atoms with Crippen LogP contribution in [0, 0.1) is 0 Å². The van der Waals surface area contributed by atoms with Crippen LogP contribution in [0.15, 0.2) is 40.1 Å². The van der Waals surface area contributed by atoms with Gasteiger partial charge >= 0.3 is 0 Å². The van der Waals surface area contributed by atoms with Crippen molar-refractivity contribution < 1.29 is 4.79 Å². The van der Waals surface area contributed by atoms with E-state index in [-0.39, 0.29) is 5.91 Å². The van der Waals surface area contributed by atoms with Crippen LogP contribution in [0.5, 0.6) is 0 Å². The van der Waals surface area contributed by atoms with Crippen LogP contribution < -0.4 is 5.73 Å². The zero-order valence-corrected chi connectivity index (χ0v) is 6.45. The summed E-state index contributed by atoms with van der Waals surface area (Å²) in [5.74, 6) is -0.349. The first kappa shape index (κ1) is 7.03. The van der Waals surface area contributed by atoms with Crippen molar-refractivity contribution in [2.45, 2.75) is 6.42 Å². The summed E-state index contributed by atoms with van der Waals surface area (Å²) in [5, 5.41) is 0. The van der Waals surface area contributed by atoms with Crippen molar-refractivity contribution in [1.82, 2.24) is 0 Å². The smallest absolute Gasteiger partial charge is 0.244 e. The molecule has 0 fully saturated rings. The minimum atomic E-state index is -0.349. The van der Waals surface area contributed by atoms with Crippen molar-refractivity contribution in [3.05, 3.63) is 35.1 Å². The van der Waals surface area contributed by atoms with Crippen LogP contribution in [0.25, 0.3) is 0 Å². The topological polar surface area (TPSA) is 55.5 Å². The highest BCUT2D eigenvalue weighted by Crippen LogP contribution is 2.27. The fourth-order valence-corrected chi connectivity index (χ4v) is 1.29. The van der Waals surface area contributed by atoms with Gasteiger partial charge in [-0.05, 0) is 17.7 Å². The van der Waals surface area contributed by atoms with Gasteiger partial charge in [-0.2, -0.15) is 0 Å². The molecule has 1 aliphatic carbocycles. The van der Waals surface area contributed by atoms with E-state index in [4.69, 9.17) is 5.73 Å². The molecule has 1 aliphatic heterocycles. The molecule has 0 atom stereocenters. The number of aliphatic imine (C=N–C) groups is 1. The quantitative estimate of drug-likeness (QED) is 0.603. The number of carbonyl (C=O) groups is 1. The van der Waals surface area contributed by atoms with Crippen molar-refractivity contribution in [1.29, 1.82) is 0 Å². The zero-order valence-electron chi connectivity index (χ0n) is 6.45. The van der Waals surface area contributed by atoms with Crippen molar-refractivity contribution in [3.8, 4) is 0 Å². The second-order valence-corrected chi connectivity index (χ2v) is 2.75. The lowest BCUT2D eigenvalue weighted by Crippen LogP contribution is -2.15. The van der Waals surface area contributed by atoms with Gasteiger partial charge in [-0.15, -0.1) is 0 Å². The predicted molar refractivity (Wildman–Crippen MR) is 46.6 cm³/mol. The molecular weight excluding hydrogens is 152 g/mol. The van der Waals surface area contributed by atoms with Gasteiger partial charge < -0.3 is 5.73 Å². The molecule has 0 radical (unpaired) electrons. The molecule has 12 heavy (non-hydrogen) atoms. The van der Waals surface area contributed by atoms with Crippen LogP contribution in [0.3, 0.4) is 0 Å². The number of rotatable bonds is 1. The average molecular weight is 160 g/mol. The Bertz CT molecular complexity index is 359. The Morgan fingerprint density at radius 1 is 1.42 bits per heavy atom. The second kappa shape index (κ2) is 2.44. The third-order valence-electron chi connectivity index (χ3n) is 1.96. The van der Waals surface area contributed by atoms with Gasteiger partial charge in [-0.25, -0.2) is 0 Å². The number of amides is 1. The zero-order chi connectivity index (χ0) is 8.55. The van der Waals surface area contributed by atoms with E-state index < -0.39 is 0 Å². The maximum atomic E-state index is 10.8. The van der Waals surface area contributed by atoms with E-state index >= 15 is 0 Å². The summed E-state index contributed by atoms with van der Waals surface area (Å²) in [7, 11) is 0. The van der Waals surface area contributed by atoms with E-state index in [9.17, 15) is 4.79 Å². The van der Waals surface area contributed by atoms with E-state index in [0.717, 1.165) is 11.3 Å². The van der Waals surface area contributed by atoms with Crippen LogP contribution in [0.2, 0.25) is 0 Å². The largest absolute Gasteiger partial charge is 0.366 e. The molecule has 0 bridgehead atoms. The van der Waals surface area contributed by atoms with Crippen molar-refractivity contribution in [2.24, 2.45) is 10.7 Å². The highest BCUT2D eigenvalue weighted by atomic mass is 16.1. The minimum Gasteiger partial charge on any atom is -0.366 e. The van der Waals surface area contributed by atoms with Crippen LogP contribution in [-0.4, -0.2) is 12.1 Å². The number of allylic oxidation sites excluding steroid dienone is 4. The Kier molecular flexibility index (Phi) is 1.43. The van der Waals surface area contributed by atoms with E-state index in [1.807, 2.05) is 12.2 Å². The predicted octanol–water partition coefficient (Wildman–Crippen LogP) is 0.697. The Morgan fingerprint density at radius 2 is 2.25 bits per heavy atom. The standard InChI is InChI=1S/C9H8N2O/c10-9(12)7-1-2-8-6(5-7)3-4-11-8/h1-4H,5H2,(H2,10,12). The molecule has 60 valence electrons. The summed E-state index contributed by atoms with van der Waals surface area (Å²) >= 11 is 0. The summed E-state index contributed by atoms with van der Waals surface area (Å²) in [5.41, 5.74) is 7.81. The molecule has 0 unspecified atom stereocenters. The first-order valence-electron chi connectivity index (χ1n) is 3.71. The second-order valence-electron chi connectivity index (χ2n) is 2.75. The van der Waals surface area contributed by atoms with Gasteiger partial charge in [0.25, 0.3) is 0 Å². The first-order chi connectivity index (χ1) is 5.77. The number of primary amides is 1. The third-order valence-corrected chi connectivity index (χ3v) is 1.96. The lowest BCUT2D eigenvalue weighted by molar-refractivity contribution is -0.114. The number of hydrogen-bond acceptors (Lipinski definition) is 2. The van der Waals surface area contributed by atoms with Gasteiger partial charge in [0.1, 0.15) is 0 Å². The van der Waals surface area contributed by atoms with Gasteiger partial charge in [0.15, 0.2) is 0 Å². The Balaban J connectivity index is 2.33. The van der Waals surface area contributed by atoms with Gasteiger partial charge in [-0.1, -0.05) is 6.08 Å². The summed E-state index contributed by atoms with van der Waals surface area (Å²) < 4.78 is 0. The summed E-state index contributed by atoms with van der Waals surface area (Å²) in [6, 6.07) is 0. The molecule has 0 saturated heterocycles. The Morgan fingerprint density at radius 3 is 3.00 bits per heavy atom. The summed E-state index contributed by atoms with van der Waals surface area (Å²) in [6.07, 6.45) is 7.80. The number of carbonyl (C=O) groups excluding carboxylic acids is 1. The first-order valence-corrected chi connectivity index (χ1v) is 3.71. The molecule has 0 aromatic rings. The summed E-state index contributed by atoms with van der Waals surface area (Å²) in [6.45, 7) is 0. The van der Waals surface area contributed by atoms with Gasteiger partial charge in [0.2, 0.25) is 5.91 Å². The number of hydrogen-bond donors (Lipinski definition) is 1. The van der Waals surface area contributed by atoms with Gasteiger partial charge in [-0.3, -0.25) is 9.79 Å². The fraction of sp³-hybridized carbons (Fsp3) is 0.111. The highest BCUT2D eigenvalue weighted by molar-refractivity contribution is 5.94. The van der Waals surface area contributed by atoms with Crippen LogP contribution in [0.1, 0.15) is 6.42 Å². The molecule has 0 spiro atoms. The van der Waals surface area contributed by atoms with Crippen molar-refractivity contribution >= 4 is 12.1 Å². The Labute approximate surface area is 70.0 Å². The molecule has 2 aliphatic rings. The molecule has 2 N–H and O–H groups in total. The molecule has 1 amide bonds. The van der Waals surface area contributed by atoms with Crippen LogP contribution in [0.4, 0.5) is 0 Å². The molecule has 0 aromatic heterocycles. The molecule has 3 nitrogen and oxygen atoms in total. The number of nitrogens with two attached hydrogens (primary N) is 1. The molecule has 1 heterocycles. The SMILES string of the molecule is NC(=O)C1=CC=C2N=CC=C2C1. The maximum Gasteiger partial charge on any atom is 0.244 e.